The quantitative estimate of drug-likeness (QED) is 0.616. The number of amides is 2. The molecule has 0 spiro atoms. The van der Waals surface area contributed by atoms with Gasteiger partial charge in [-0.2, -0.15) is 0 Å². The summed E-state index contributed by atoms with van der Waals surface area (Å²) >= 11 is 0. The molecule has 2 aromatic rings. The Morgan fingerprint density at radius 2 is 1.50 bits per heavy atom. The molecule has 0 bridgehead atoms. The zero-order valence-corrected chi connectivity index (χ0v) is 19.5. The van der Waals surface area contributed by atoms with Crippen molar-refractivity contribution in [2.75, 3.05) is 26.8 Å². The van der Waals surface area contributed by atoms with Gasteiger partial charge in [0.2, 0.25) is 0 Å². The maximum atomic E-state index is 12.7. The van der Waals surface area contributed by atoms with E-state index in [1.54, 1.807) is 36.2 Å². The molecule has 3 rings (SSSR count). The summed E-state index contributed by atoms with van der Waals surface area (Å²) in [6.45, 7) is 7.12. The summed E-state index contributed by atoms with van der Waals surface area (Å²) in [5.41, 5.74) is 1.75. The largest absolute Gasteiger partial charge is 0.492 e. The summed E-state index contributed by atoms with van der Waals surface area (Å²) < 4.78 is 11.4. The highest BCUT2D eigenvalue weighted by molar-refractivity contribution is 5.94. The Hall–Kier alpha value is -3.02. The average Bonchev–Trinajstić information content (AvgIpc) is 2.78. The number of nitrogens with zero attached hydrogens (tertiary/aromatic N) is 2. The molecule has 6 heteroatoms. The molecule has 0 saturated carbocycles. The molecule has 0 radical (unpaired) electrons. The number of likely N-dealkylation sites (tertiary alicyclic amines) is 1. The van der Waals surface area contributed by atoms with Gasteiger partial charge in [-0.15, -0.1) is 0 Å². The van der Waals surface area contributed by atoms with Gasteiger partial charge < -0.3 is 19.3 Å². The SMILES string of the molecule is Cc1ccc(OCCN(C)C(=O)c2ccc(OCC(=O)N3C(C)CCCC3C)cc2)cc1. The van der Waals surface area contributed by atoms with E-state index in [2.05, 4.69) is 13.8 Å². The normalized spacial score (nSPS) is 18.2. The van der Waals surface area contributed by atoms with E-state index in [9.17, 15) is 9.59 Å². The predicted molar refractivity (Wildman–Crippen MR) is 125 cm³/mol. The van der Waals surface area contributed by atoms with Crippen LogP contribution in [0.1, 0.15) is 49.0 Å². The molecule has 0 aliphatic carbocycles. The van der Waals surface area contributed by atoms with Crippen molar-refractivity contribution in [2.45, 2.75) is 52.1 Å². The summed E-state index contributed by atoms with van der Waals surface area (Å²) in [5, 5.41) is 0. The first kappa shape index (κ1) is 23.6. The molecule has 1 aliphatic rings. The summed E-state index contributed by atoms with van der Waals surface area (Å²) in [4.78, 5) is 28.8. The van der Waals surface area contributed by atoms with E-state index in [0.29, 0.717) is 24.5 Å². The van der Waals surface area contributed by atoms with Crippen LogP contribution in [-0.2, 0) is 4.79 Å². The van der Waals surface area contributed by atoms with Gasteiger partial charge in [0.05, 0.1) is 6.54 Å². The van der Waals surface area contributed by atoms with Gasteiger partial charge in [0, 0.05) is 24.7 Å². The van der Waals surface area contributed by atoms with Crippen LogP contribution in [-0.4, -0.2) is 60.5 Å². The lowest BCUT2D eigenvalue weighted by molar-refractivity contribution is -0.139. The van der Waals surface area contributed by atoms with Gasteiger partial charge in [-0.25, -0.2) is 0 Å². The average molecular weight is 439 g/mol. The molecule has 1 fully saturated rings. The Labute approximate surface area is 191 Å². The second-order valence-corrected chi connectivity index (χ2v) is 8.63. The van der Waals surface area contributed by atoms with E-state index in [4.69, 9.17) is 9.47 Å². The van der Waals surface area contributed by atoms with Gasteiger partial charge >= 0.3 is 0 Å². The van der Waals surface area contributed by atoms with Gasteiger partial charge in [-0.1, -0.05) is 17.7 Å². The van der Waals surface area contributed by atoms with Crippen LogP contribution in [0.2, 0.25) is 0 Å². The van der Waals surface area contributed by atoms with E-state index in [1.807, 2.05) is 36.1 Å². The van der Waals surface area contributed by atoms with Crippen molar-refractivity contribution < 1.29 is 19.1 Å². The Morgan fingerprint density at radius 1 is 0.938 bits per heavy atom. The molecular weight excluding hydrogens is 404 g/mol. The van der Waals surface area contributed by atoms with Crippen LogP contribution in [0.4, 0.5) is 0 Å². The predicted octanol–water partition coefficient (Wildman–Crippen LogP) is 4.31. The second-order valence-electron chi connectivity index (χ2n) is 8.63. The third-order valence-corrected chi connectivity index (χ3v) is 6.01. The third-order valence-electron chi connectivity index (χ3n) is 6.01. The number of likely N-dealkylation sites (N-methyl/N-ethyl adjacent to an activating group) is 1. The molecule has 1 saturated heterocycles. The van der Waals surface area contributed by atoms with Crippen LogP contribution in [0.25, 0.3) is 0 Å². The lowest BCUT2D eigenvalue weighted by Gasteiger charge is -2.38. The second kappa shape index (κ2) is 11.0. The van der Waals surface area contributed by atoms with Crippen molar-refractivity contribution in [1.82, 2.24) is 9.80 Å². The number of hydrogen-bond acceptors (Lipinski definition) is 4. The van der Waals surface area contributed by atoms with E-state index >= 15 is 0 Å². The molecule has 0 N–H and O–H groups in total. The molecule has 172 valence electrons. The molecular formula is C26H34N2O4. The number of aryl methyl sites for hydroxylation is 1. The van der Waals surface area contributed by atoms with Crippen molar-refractivity contribution in [2.24, 2.45) is 0 Å². The molecule has 6 nitrogen and oxygen atoms in total. The molecule has 2 atom stereocenters. The fourth-order valence-electron chi connectivity index (χ4n) is 4.08. The van der Waals surface area contributed by atoms with Gasteiger partial charge in [0.1, 0.15) is 18.1 Å². The number of rotatable bonds is 8. The highest BCUT2D eigenvalue weighted by Gasteiger charge is 2.29. The first-order valence-corrected chi connectivity index (χ1v) is 11.3. The first-order chi connectivity index (χ1) is 15.3. The topological polar surface area (TPSA) is 59.1 Å². The molecule has 1 heterocycles. The minimum atomic E-state index is -0.0869. The van der Waals surface area contributed by atoms with Gasteiger partial charge in [-0.3, -0.25) is 9.59 Å². The van der Waals surface area contributed by atoms with Crippen molar-refractivity contribution >= 4 is 11.8 Å². The molecule has 0 aromatic heterocycles. The van der Waals surface area contributed by atoms with Crippen LogP contribution >= 0.6 is 0 Å². The first-order valence-electron chi connectivity index (χ1n) is 11.3. The Morgan fingerprint density at radius 3 is 2.12 bits per heavy atom. The highest BCUT2D eigenvalue weighted by Crippen LogP contribution is 2.23. The van der Waals surface area contributed by atoms with Gasteiger partial charge in [-0.05, 0) is 76.4 Å². The van der Waals surface area contributed by atoms with Crippen LogP contribution in [0.15, 0.2) is 48.5 Å². The van der Waals surface area contributed by atoms with E-state index in [1.165, 1.54) is 5.56 Å². The minimum Gasteiger partial charge on any atom is -0.492 e. The van der Waals surface area contributed by atoms with E-state index in [0.717, 1.165) is 25.0 Å². The monoisotopic (exact) mass is 438 g/mol. The number of carbonyl (C=O) groups is 2. The molecule has 32 heavy (non-hydrogen) atoms. The summed E-state index contributed by atoms with van der Waals surface area (Å²) in [7, 11) is 1.75. The Bertz CT molecular complexity index is 885. The maximum Gasteiger partial charge on any atom is 0.260 e. The van der Waals surface area contributed by atoms with Crippen molar-refractivity contribution in [1.29, 1.82) is 0 Å². The van der Waals surface area contributed by atoms with E-state index < -0.39 is 0 Å². The Balaban J connectivity index is 1.46. The lowest BCUT2D eigenvalue weighted by Crippen LogP contribution is -2.49. The number of piperidine rings is 1. The third kappa shape index (κ3) is 6.25. The van der Waals surface area contributed by atoms with Gasteiger partial charge in [0.15, 0.2) is 6.61 Å². The highest BCUT2D eigenvalue weighted by atomic mass is 16.5. The molecule has 2 amide bonds. The zero-order chi connectivity index (χ0) is 23.1. The van der Waals surface area contributed by atoms with Crippen LogP contribution in [0.5, 0.6) is 11.5 Å². The van der Waals surface area contributed by atoms with E-state index in [-0.39, 0.29) is 30.5 Å². The zero-order valence-electron chi connectivity index (χ0n) is 19.5. The Kier molecular flexibility index (Phi) is 8.14. The fourth-order valence-corrected chi connectivity index (χ4v) is 4.08. The minimum absolute atomic E-state index is 0.0121. The maximum absolute atomic E-state index is 12.7. The van der Waals surface area contributed by atoms with Crippen LogP contribution in [0, 0.1) is 6.92 Å². The fraction of sp³-hybridized carbons (Fsp3) is 0.462. The standard InChI is InChI=1S/C26H34N2O4/c1-19-8-12-23(13-9-19)31-17-16-27(4)26(30)22-10-14-24(15-11-22)32-18-25(29)28-20(2)6-5-7-21(28)3/h8-15,20-21H,5-7,16-18H2,1-4H3. The smallest absolute Gasteiger partial charge is 0.260 e. The number of hydrogen-bond donors (Lipinski definition) is 0. The molecule has 2 aromatic carbocycles. The van der Waals surface area contributed by atoms with Crippen LogP contribution < -0.4 is 9.47 Å². The molecule has 2 unspecified atom stereocenters. The summed E-state index contributed by atoms with van der Waals surface area (Å²) in [5.74, 6) is 1.30. The number of benzene rings is 2. The number of ether oxygens (including phenoxy) is 2. The summed E-state index contributed by atoms with van der Waals surface area (Å²) in [6, 6.07) is 15.3. The number of carbonyl (C=O) groups excluding carboxylic acids is 2. The molecule has 1 aliphatic heterocycles. The van der Waals surface area contributed by atoms with Gasteiger partial charge in [0.25, 0.3) is 11.8 Å². The lowest BCUT2D eigenvalue weighted by atomic mass is 9.97. The van der Waals surface area contributed by atoms with Crippen molar-refractivity contribution in [3.8, 4) is 11.5 Å². The summed E-state index contributed by atoms with van der Waals surface area (Å²) in [6.07, 6.45) is 3.24. The van der Waals surface area contributed by atoms with Crippen LogP contribution in [0.3, 0.4) is 0 Å². The van der Waals surface area contributed by atoms with Crippen molar-refractivity contribution in [3.05, 3.63) is 59.7 Å². The van der Waals surface area contributed by atoms with Crippen molar-refractivity contribution in [3.63, 3.8) is 0 Å².